The first-order chi connectivity index (χ1) is 15.6. The predicted molar refractivity (Wildman–Crippen MR) is 118 cm³/mol. The molecule has 9 nitrogen and oxygen atoms in total. The average Bonchev–Trinajstić information content (AvgIpc) is 2.79. The molecule has 0 aromatic heterocycles. The highest BCUT2D eigenvalue weighted by Crippen LogP contribution is 2.40. The molecule has 0 spiro atoms. The zero-order valence-electron chi connectivity index (χ0n) is 19.1. The summed E-state index contributed by atoms with van der Waals surface area (Å²) < 4.78 is 10.4. The summed E-state index contributed by atoms with van der Waals surface area (Å²) in [6, 6.07) is 17.4. The number of carboxylic acid groups (broad SMARTS) is 1. The van der Waals surface area contributed by atoms with Gasteiger partial charge in [-0.2, -0.15) is 5.06 Å². The summed E-state index contributed by atoms with van der Waals surface area (Å²) in [5.74, 6) is -2.90. The van der Waals surface area contributed by atoms with E-state index in [0.717, 1.165) is 7.11 Å². The van der Waals surface area contributed by atoms with Crippen molar-refractivity contribution >= 4 is 18.0 Å². The van der Waals surface area contributed by atoms with E-state index in [1.807, 2.05) is 0 Å². The number of aliphatic hydroxyl groups excluding tert-OH is 1. The van der Waals surface area contributed by atoms with Crippen LogP contribution in [0.15, 0.2) is 60.7 Å². The Morgan fingerprint density at radius 1 is 0.879 bits per heavy atom. The van der Waals surface area contributed by atoms with Gasteiger partial charge in [-0.05, 0) is 11.1 Å². The van der Waals surface area contributed by atoms with Crippen LogP contribution in [0.4, 0.5) is 4.79 Å². The van der Waals surface area contributed by atoms with Crippen molar-refractivity contribution < 1.29 is 38.9 Å². The lowest BCUT2D eigenvalue weighted by Gasteiger charge is -2.47. The van der Waals surface area contributed by atoms with Gasteiger partial charge in [0.15, 0.2) is 6.10 Å². The molecular weight excluding hydrogens is 430 g/mol. The van der Waals surface area contributed by atoms with Crippen LogP contribution in [0.2, 0.25) is 0 Å². The summed E-state index contributed by atoms with van der Waals surface area (Å²) in [6.45, 7) is 3.98. The number of esters is 1. The number of hydrogen-bond donors (Lipinski definition) is 2. The SMILES string of the molecule is CON(C(=O)OCc1ccccc1)[C@](C(=O)O)(C(O)C(=O)OCc1ccccc1)C(C)(C)C. The quantitative estimate of drug-likeness (QED) is 0.433. The van der Waals surface area contributed by atoms with E-state index in [-0.39, 0.29) is 13.2 Å². The maximum atomic E-state index is 12.9. The van der Waals surface area contributed by atoms with Crippen LogP contribution in [-0.4, -0.2) is 52.1 Å². The van der Waals surface area contributed by atoms with Gasteiger partial charge in [0.05, 0.1) is 7.11 Å². The van der Waals surface area contributed by atoms with Crippen LogP contribution in [0.1, 0.15) is 31.9 Å². The molecule has 1 unspecified atom stereocenters. The summed E-state index contributed by atoms with van der Waals surface area (Å²) in [4.78, 5) is 43.3. The van der Waals surface area contributed by atoms with Crippen molar-refractivity contribution in [2.45, 2.75) is 45.6 Å². The highest BCUT2D eigenvalue weighted by molar-refractivity contribution is 5.92. The van der Waals surface area contributed by atoms with Gasteiger partial charge < -0.3 is 19.7 Å². The Morgan fingerprint density at radius 2 is 1.33 bits per heavy atom. The first-order valence-corrected chi connectivity index (χ1v) is 10.2. The van der Waals surface area contributed by atoms with Gasteiger partial charge in [-0.3, -0.25) is 4.84 Å². The number of hydrogen-bond acceptors (Lipinski definition) is 7. The van der Waals surface area contributed by atoms with E-state index in [4.69, 9.17) is 14.3 Å². The summed E-state index contributed by atoms with van der Waals surface area (Å²) in [5, 5.41) is 21.5. The van der Waals surface area contributed by atoms with Crippen molar-refractivity contribution in [1.29, 1.82) is 0 Å². The standard InChI is InChI=1S/C24H29NO8/c1-23(2,3)24(21(28)29,19(26)20(27)32-15-17-11-7-5-8-12-17)25(31-4)22(30)33-16-18-13-9-6-10-14-18/h5-14,19,26H,15-16H2,1-4H3,(H,28,29)/t19?,24-/m0/s1. The molecule has 0 aliphatic heterocycles. The first kappa shape index (κ1) is 25.8. The Balaban J connectivity index is 2.34. The average molecular weight is 459 g/mol. The maximum Gasteiger partial charge on any atom is 0.435 e. The van der Waals surface area contributed by atoms with Crippen molar-refractivity contribution in [3.05, 3.63) is 71.8 Å². The van der Waals surface area contributed by atoms with E-state index in [1.54, 1.807) is 60.7 Å². The second-order valence-electron chi connectivity index (χ2n) is 8.33. The van der Waals surface area contributed by atoms with Crippen molar-refractivity contribution in [2.75, 3.05) is 7.11 Å². The smallest absolute Gasteiger partial charge is 0.435 e. The fourth-order valence-electron chi connectivity index (χ4n) is 3.47. The zero-order valence-corrected chi connectivity index (χ0v) is 19.1. The highest BCUT2D eigenvalue weighted by Gasteiger charge is 2.64. The normalized spacial score (nSPS) is 14.0. The van der Waals surface area contributed by atoms with E-state index in [2.05, 4.69) is 0 Å². The van der Waals surface area contributed by atoms with Crippen LogP contribution in [0.3, 0.4) is 0 Å². The molecule has 0 radical (unpaired) electrons. The number of carboxylic acids is 1. The fraction of sp³-hybridized carbons (Fsp3) is 0.375. The third-order valence-corrected chi connectivity index (χ3v) is 5.19. The van der Waals surface area contributed by atoms with Gasteiger partial charge in [0.25, 0.3) is 0 Å². The second-order valence-corrected chi connectivity index (χ2v) is 8.33. The minimum atomic E-state index is -2.57. The summed E-state index contributed by atoms with van der Waals surface area (Å²) >= 11 is 0. The number of rotatable bonds is 9. The second kappa shape index (κ2) is 10.9. The molecule has 0 bridgehead atoms. The summed E-state index contributed by atoms with van der Waals surface area (Å²) in [7, 11) is 1.05. The monoisotopic (exact) mass is 459 g/mol. The van der Waals surface area contributed by atoms with Crippen molar-refractivity contribution in [3.8, 4) is 0 Å². The minimum absolute atomic E-state index is 0.173. The Kier molecular flexibility index (Phi) is 8.56. The van der Waals surface area contributed by atoms with Gasteiger partial charge in [0.1, 0.15) is 13.2 Å². The van der Waals surface area contributed by atoms with E-state index in [0.29, 0.717) is 16.2 Å². The molecule has 178 valence electrons. The lowest BCUT2D eigenvalue weighted by Crippen LogP contribution is -2.71. The lowest BCUT2D eigenvalue weighted by atomic mass is 9.69. The molecule has 2 aromatic carbocycles. The fourth-order valence-corrected chi connectivity index (χ4v) is 3.47. The number of carbonyl (C=O) groups excluding carboxylic acids is 2. The van der Waals surface area contributed by atoms with Crippen LogP contribution < -0.4 is 0 Å². The van der Waals surface area contributed by atoms with Gasteiger partial charge in [0.2, 0.25) is 5.54 Å². The zero-order chi connectivity index (χ0) is 24.6. The van der Waals surface area contributed by atoms with Crippen LogP contribution in [0.5, 0.6) is 0 Å². The Bertz CT molecular complexity index is 942. The molecular formula is C24H29NO8. The molecule has 1 amide bonds. The molecule has 2 atom stereocenters. The van der Waals surface area contributed by atoms with Gasteiger partial charge >= 0.3 is 18.0 Å². The molecule has 0 saturated carbocycles. The molecule has 0 saturated heterocycles. The number of amides is 1. The maximum absolute atomic E-state index is 12.9. The van der Waals surface area contributed by atoms with E-state index < -0.39 is 35.1 Å². The topological polar surface area (TPSA) is 123 Å². The molecule has 2 aromatic rings. The highest BCUT2D eigenvalue weighted by atomic mass is 16.7. The van der Waals surface area contributed by atoms with Gasteiger partial charge in [-0.25, -0.2) is 14.4 Å². The molecule has 0 aliphatic carbocycles. The summed E-state index contributed by atoms with van der Waals surface area (Å²) in [5.41, 5.74) is -2.67. The number of ether oxygens (including phenoxy) is 2. The third kappa shape index (κ3) is 5.68. The Labute approximate surface area is 192 Å². The van der Waals surface area contributed by atoms with Gasteiger partial charge in [-0.1, -0.05) is 81.4 Å². The van der Waals surface area contributed by atoms with E-state index in [1.165, 1.54) is 20.8 Å². The van der Waals surface area contributed by atoms with Crippen molar-refractivity contribution in [3.63, 3.8) is 0 Å². The molecule has 9 heteroatoms. The van der Waals surface area contributed by atoms with Crippen LogP contribution in [0, 0.1) is 5.41 Å². The molecule has 0 fully saturated rings. The first-order valence-electron chi connectivity index (χ1n) is 10.2. The Hall–Kier alpha value is -3.43. The van der Waals surface area contributed by atoms with Crippen LogP contribution in [0.25, 0.3) is 0 Å². The number of aliphatic carboxylic acids is 1. The number of hydroxylamine groups is 2. The molecule has 0 heterocycles. The largest absolute Gasteiger partial charge is 0.479 e. The van der Waals surface area contributed by atoms with E-state index >= 15 is 0 Å². The van der Waals surface area contributed by atoms with E-state index in [9.17, 15) is 24.6 Å². The number of aliphatic hydroxyl groups is 1. The molecule has 0 aliphatic rings. The van der Waals surface area contributed by atoms with Gasteiger partial charge in [-0.15, -0.1) is 0 Å². The predicted octanol–water partition coefficient (Wildman–Crippen LogP) is 3.16. The lowest BCUT2D eigenvalue weighted by molar-refractivity contribution is -0.245. The Morgan fingerprint density at radius 3 is 1.73 bits per heavy atom. The van der Waals surface area contributed by atoms with Crippen LogP contribution in [-0.2, 0) is 37.1 Å². The minimum Gasteiger partial charge on any atom is -0.479 e. The van der Waals surface area contributed by atoms with Gasteiger partial charge in [0, 0.05) is 5.41 Å². The number of carbonyl (C=O) groups is 3. The van der Waals surface area contributed by atoms with Crippen molar-refractivity contribution in [1.82, 2.24) is 5.06 Å². The third-order valence-electron chi connectivity index (χ3n) is 5.19. The molecule has 2 rings (SSSR count). The molecule has 2 N–H and O–H groups in total. The number of nitrogens with zero attached hydrogens (tertiary/aromatic N) is 1. The summed E-state index contributed by atoms with van der Waals surface area (Å²) in [6.07, 6.45) is -3.48. The van der Waals surface area contributed by atoms with Crippen molar-refractivity contribution in [2.24, 2.45) is 5.41 Å². The molecule has 33 heavy (non-hydrogen) atoms. The number of benzene rings is 2. The van der Waals surface area contributed by atoms with Crippen LogP contribution >= 0.6 is 0 Å².